The van der Waals surface area contributed by atoms with Gasteiger partial charge in [-0.1, -0.05) is 48.6 Å². The van der Waals surface area contributed by atoms with Crippen molar-refractivity contribution in [2.24, 2.45) is 0 Å². The van der Waals surface area contributed by atoms with E-state index in [1.165, 1.54) is 48.6 Å². The lowest BCUT2D eigenvalue weighted by atomic mass is 10.7. The fraction of sp³-hybridized carbons (Fsp3) is 0.333. The number of hydrogen-bond donors (Lipinski definition) is 0. The highest BCUT2D eigenvalue weighted by molar-refractivity contribution is 6.74. The van der Waals surface area contributed by atoms with E-state index in [-0.39, 0.29) is 52.9 Å². The minimum atomic E-state index is -4.38. The normalized spacial score (nSPS) is 11.9. The van der Waals surface area contributed by atoms with Crippen LogP contribution in [0, 0.1) is 0 Å². The van der Waals surface area contributed by atoms with E-state index >= 15 is 0 Å². The average Bonchev–Trinajstić information content (AvgIpc) is 2.92. The minimum Gasteiger partial charge on any atom is -0.348 e. The van der Waals surface area contributed by atoms with Crippen LogP contribution in [0.3, 0.4) is 0 Å². The Hall–Kier alpha value is -1.83. The molecule has 0 bridgehead atoms. The zero-order chi connectivity index (χ0) is 27.9. The molecule has 0 fully saturated rings. The summed E-state index contributed by atoms with van der Waals surface area (Å²) in [5.74, 6) is 0. The van der Waals surface area contributed by atoms with Crippen LogP contribution in [-0.4, -0.2) is 80.0 Å². The van der Waals surface area contributed by atoms with Crippen molar-refractivity contribution in [3.05, 3.63) is 101 Å². The van der Waals surface area contributed by atoms with Crippen LogP contribution in [-0.2, 0) is 43.6 Å². The summed E-state index contributed by atoms with van der Waals surface area (Å²) in [5.41, 5.74) is 0. The molecule has 0 aliphatic rings. The van der Waals surface area contributed by atoms with Crippen molar-refractivity contribution in [3.8, 4) is 0 Å². The van der Waals surface area contributed by atoms with Gasteiger partial charge in [-0.3, -0.25) is 0 Å². The van der Waals surface area contributed by atoms with E-state index in [0.29, 0.717) is 0 Å². The third kappa shape index (κ3) is 14.0. The average molecular weight is 573 g/mol. The van der Waals surface area contributed by atoms with Crippen molar-refractivity contribution in [1.82, 2.24) is 0 Å². The van der Waals surface area contributed by atoms with E-state index in [1.807, 2.05) is 0 Å². The van der Waals surface area contributed by atoms with Crippen molar-refractivity contribution < 1.29 is 43.6 Å². The van der Waals surface area contributed by atoms with Crippen molar-refractivity contribution in [1.29, 1.82) is 0 Å². The summed E-state index contributed by atoms with van der Waals surface area (Å²) >= 11 is 0. The predicted molar refractivity (Wildman–Crippen MR) is 149 cm³/mol. The molecule has 208 valence electrons. The van der Waals surface area contributed by atoms with Crippen LogP contribution in [0.15, 0.2) is 101 Å². The maximum atomic E-state index is 6.35. The lowest BCUT2D eigenvalue weighted by Gasteiger charge is -2.38. The number of hydrogen-bond acceptors (Lipinski definition) is 10. The van der Waals surface area contributed by atoms with E-state index in [9.17, 15) is 0 Å². The fourth-order valence-corrected chi connectivity index (χ4v) is 10.7. The molecule has 0 unspecified atom stereocenters. The van der Waals surface area contributed by atoms with Crippen LogP contribution >= 0.6 is 0 Å². The molecule has 13 heteroatoms. The smallest absolute Gasteiger partial charge is 0.348 e. The molecule has 0 aromatic carbocycles. The highest BCUT2D eigenvalue weighted by Crippen LogP contribution is 2.28. The second kappa shape index (κ2) is 21.1. The summed E-state index contributed by atoms with van der Waals surface area (Å²) in [6.45, 7) is 29.5. The van der Waals surface area contributed by atoms with Gasteiger partial charge in [0.2, 0.25) is 0 Å². The molecule has 0 saturated carbocycles. The Kier molecular flexibility index (Phi) is 20.1. The zero-order valence-electron chi connectivity index (χ0n) is 21.5. The topological polar surface area (TPSA) is 92.3 Å². The largest absolute Gasteiger partial charge is 0.674 e. The van der Waals surface area contributed by atoms with Gasteiger partial charge in [-0.15, -0.1) is 52.6 Å². The fourth-order valence-electron chi connectivity index (χ4n) is 2.20. The van der Waals surface area contributed by atoms with Gasteiger partial charge in [-0.05, 0) is 0 Å². The van der Waals surface area contributed by atoms with E-state index in [1.54, 1.807) is 0 Å². The molecule has 10 nitrogen and oxygen atoms in total. The van der Waals surface area contributed by atoms with Crippen molar-refractivity contribution in [3.63, 3.8) is 0 Å². The second-order valence-electron chi connectivity index (χ2n) is 6.50. The Morgan fingerprint density at radius 1 is 0.297 bits per heavy atom. The van der Waals surface area contributed by atoms with Crippen molar-refractivity contribution >= 4 is 27.1 Å². The zero-order valence-corrected chi connectivity index (χ0v) is 24.5. The second-order valence-corrected chi connectivity index (χ2v) is 13.4. The van der Waals surface area contributed by atoms with E-state index in [0.717, 1.165) is 0 Å². The summed E-state index contributed by atoms with van der Waals surface area (Å²) < 4.78 is 60.2. The Morgan fingerprint density at radius 2 is 0.459 bits per heavy atom. The molecule has 0 aromatic heterocycles. The van der Waals surface area contributed by atoms with Gasteiger partial charge < -0.3 is 43.6 Å². The van der Waals surface area contributed by atoms with Crippen molar-refractivity contribution in [2.45, 2.75) is 0 Å². The summed E-state index contributed by atoms with van der Waals surface area (Å²) in [5, 5.41) is 0. The molecule has 0 spiro atoms. The molecule has 0 aliphatic heterocycles. The molecule has 0 rings (SSSR count). The third-order valence-corrected chi connectivity index (χ3v) is 11.7. The Morgan fingerprint density at radius 3 is 0.622 bits per heavy atom. The molecule has 0 aliphatic carbocycles. The van der Waals surface area contributed by atoms with Gasteiger partial charge >= 0.3 is 27.1 Å². The predicted octanol–water partition coefficient (Wildman–Crippen LogP) is 3.95. The standard InChI is InChI=1S/C24H40O10Si3/c1-9-17-25-35(26-18-10-2,27-19-11-3)33-37(31-23-15-7,32-24-16-8)34-36(28-20-12-4,29-21-13-5)30-22-14-6/h9-16H,1-8,17-24H2. The molecule has 37 heavy (non-hydrogen) atoms. The summed E-state index contributed by atoms with van der Waals surface area (Å²) in [4.78, 5) is 0. The molecular weight excluding hydrogens is 533 g/mol. The molecular formula is C24H40O10Si3. The van der Waals surface area contributed by atoms with Crippen LogP contribution < -0.4 is 0 Å². The minimum absolute atomic E-state index is 0.0172. The Balaban J connectivity index is 6.86. The molecule has 0 amide bonds. The highest BCUT2D eigenvalue weighted by Gasteiger charge is 2.66. The van der Waals surface area contributed by atoms with Gasteiger partial charge in [0.25, 0.3) is 0 Å². The first-order valence-corrected chi connectivity index (χ1v) is 16.2. The van der Waals surface area contributed by atoms with E-state index in [4.69, 9.17) is 43.6 Å². The maximum absolute atomic E-state index is 6.35. The van der Waals surface area contributed by atoms with Gasteiger partial charge in [0, 0.05) is 0 Å². The SMILES string of the molecule is C=CCO[Si](OCC=C)(OCC=C)O[Si](OCC=C)(OCC=C)O[Si](OCC=C)(OCC=C)OCC=C. The highest BCUT2D eigenvalue weighted by atomic mass is 28.5. The lowest BCUT2D eigenvalue weighted by molar-refractivity contribution is -0.0677. The Labute approximate surface area is 224 Å². The summed E-state index contributed by atoms with van der Waals surface area (Å²) in [6, 6.07) is 0. The molecule has 0 saturated heterocycles. The van der Waals surface area contributed by atoms with E-state index in [2.05, 4.69) is 52.6 Å². The quantitative estimate of drug-likeness (QED) is 0.101. The molecule has 0 aromatic rings. The Bertz CT molecular complexity index is 609. The lowest BCUT2D eigenvalue weighted by Crippen LogP contribution is -2.67. The molecule has 0 N–H and O–H groups in total. The van der Waals surface area contributed by atoms with Gasteiger partial charge in [0.1, 0.15) is 0 Å². The maximum Gasteiger partial charge on any atom is 0.674 e. The van der Waals surface area contributed by atoms with Gasteiger partial charge in [0.05, 0.1) is 52.9 Å². The first-order chi connectivity index (χ1) is 17.9. The van der Waals surface area contributed by atoms with Gasteiger partial charge in [-0.25, -0.2) is 0 Å². The van der Waals surface area contributed by atoms with Gasteiger partial charge in [0.15, 0.2) is 0 Å². The molecule has 0 atom stereocenters. The van der Waals surface area contributed by atoms with E-state index < -0.39 is 27.1 Å². The van der Waals surface area contributed by atoms with Crippen LogP contribution in [0.25, 0.3) is 0 Å². The van der Waals surface area contributed by atoms with Crippen molar-refractivity contribution in [2.75, 3.05) is 52.9 Å². The summed E-state index contributed by atoms with van der Waals surface area (Å²) in [6.07, 6.45) is 12.0. The van der Waals surface area contributed by atoms with Crippen LogP contribution in [0.5, 0.6) is 0 Å². The first-order valence-electron chi connectivity index (χ1n) is 11.3. The summed E-state index contributed by atoms with van der Waals surface area (Å²) in [7, 11) is -12.6. The molecule has 0 radical (unpaired) electrons. The van der Waals surface area contributed by atoms with Crippen LogP contribution in [0.2, 0.25) is 0 Å². The van der Waals surface area contributed by atoms with Crippen LogP contribution in [0.1, 0.15) is 0 Å². The monoisotopic (exact) mass is 572 g/mol. The first kappa shape index (κ1) is 35.2. The van der Waals surface area contributed by atoms with Crippen LogP contribution in [0.4, 0.5) is 0 Å². The number of rotatable bonds is 28. The van der Waals surface area contributed by atoms with Gasteiger partial charge in [-0.2, -0.15) is 0 Å². The third-order valence-electron chi connectivity index (χ3n) is 3.52. The molecule has 0 heterocycles.